The smallest absolute Gasteiger partial charge is 0.374 e. The molecule has 0 spiro atoms. The van der Waals surface area contributed by atoms with E-state index >= 15 is 0 Å². The lowest BCUT2D eigenvalue weighted by Crippen LogP contribution is -2.22. The summed E-state index contributed by atoms with van der Waals surface area (Å²) in [5.41, 5.74) is 0.806. The lowest BCUT2D eigenvalue weighted by molar-refractivity contribution is 0.0561. The molecule has 0 N–H and O–H groups in total. The summed E-state index contributed by atoms with van der Waals surface area (Å²) in [5.74, 6) is 0.673. The molecule has 0 saturated carbocycles. The maximum atomic E-state index is 11.8. The Bertz CT molecular complexity index is 694. The summed E-state index contributed by atoms with van der Waals surface area (Å²) in [4.78, 5) is 15.2. The van der Waals surface area contributed by atoms with E-state index in [1.165, 1.54) is 18.3 Å². The molecule has 3 aromatic heterocycles. The summed E-state index contributed by atoms with van der Waals surface area (Å²) in [6.07, 6.45) is 3.17. The van der Waals surface area contributed by atoms with Crippen molar-refractivity contribution in [1.82, 2.24) is 4.90 Å². The van der Waals surface area contributed by atoms with E-state index in [1.807, 2.05) is 18.2 Å². The van der Waals surface area contributed by atoms with Crippen molar-refractivity contribution in [3.05, 3.63) is 70.2 Å². The average Bonchev–Trinajstić information content (AvgIpc) is 3.28. The summed E-state index contributed by atoms with van der Waals surface area (Å²) in [5, 5.41) is 2.05. The summed E-state index contributed by atoms with van der Waals surface area (Å²) < 4.78 is 15.5. The van der Waals surface area contributed by atoms with Crippen LogP contribution >= 0.6 is 11.3 Å². The molecule has 3 rings (SSSR count). The van der Waals surface area contributed by atoms with Gasteiger partial charge < -0.3 is 13.6 Å². The fourth-order valence-corrected chi connectivity index (χ4v) is 3.13. The average molecular weight is 331 g/mol. The number of esters is 1. The molecular weight excluding hydrogens is 314 g/mol. The molecule has 0 aromatic carbocycles. The largest absolute Gasteiger partial charge is 0.468 e. The number of nitrogens with zero attached hydrogens (tertiary/aromatic N) is 1. The second-order valence-electron chi connectivity index (χ2n) is 5.07. The minimum absolute atomic E-state index is 0.253. The van der Waals surface area contributed by atoms with E-state index in [1.54, 1.807) is 23.7 Å². The van der Waals surface area contributed by atoms with Gasteiger partial charge in [0.1, 0.15) is 5.76 Å². The van der Waals surface area contributed by atoms with E-state index in [2.05, 4.69) is 16.3 Å². The van der Waals surface area contributed by atoms with Gasteiger partial charge in [0.2, 0.25) is 5.76 Å². The SMILES string of the molecule is COC(=O)c1occc1CN(Cc1ccco1)Cc1cccs1. The number of hydrogen-bond acceptors (Lipinski definition) is 6. The molecule has 0 amide bonds. The van der Waals surface area contributed by atoms with E-state index < -0.39 is 5.97 Å². The fourth-order valence-electron chi connectivity index (χ4n) is 2.39. The molecule has 3 aromatic rings. The molecule has 0 aliphatic heterocycles. The van der Waals surface area contributed by atoms with Gasteiger partial charge in [0.05, 0.1) is 26.2 Å². The van der Waals surface area contributed by atoms with E-state index in [9.17, 15) is 4.79 Å². The van der Waals surface area contributed by atoms with Crippen LogP contribution in [-0.2, 0) is 24.4 Å². The maximum Gasteiger partial charge on any atom is 0.374 e. The molecule has 0 aliphatic carbocycles. The van der Waals surface area contributed by atoms with Crippen molar-refractivity contribution in [1.29, 1.82) is 0 Å². The first-order chi connectivity index (χ1) is 11.3. The topological polar surface area (TPSA) is 55.8 Å². The van der Waals surface area contributed by atoms with E-state index in [0.29, 0.717) is 13.1 Å². The number of carbonyl (C=O) groups excluding carboxylic acids is 1. The van der Waals surface area contributed by atoms with Gasteiger partial charge in [-0.05, 0) is 29.6 Å². The Hall–Kier alpha value is -2.31. The Morgan fingerprint density at radius 1 is 1.13 bits per heavy atom. The third-order valence-corrected chi connectivity index (χ3v) is 4.29. The number of ether oxygens (including phenoxy) is 1. The van der Waals surface area contributed by atoms with Crippen LogP contribution in [0.1, 0.15) is 26.8 Å². The minimum Gasteiger partial charge on any atom is -0.468 e. The third kappa shape index (κ3) is 3.91. The second-order valence-corrected chi connectivity index (χ2v) is 6.10. The Balaban J connectivity index is 1.78. The summed E-state index contributed by atoms with van der Waals surface area (Å²) >= 11 is 1.70. The normalized spacial score (nSPS) is 11.0. The van der Waals surface area contributed by atoms with Gasteiger partial charge in [0, 0.05) is 23.5 Å². The molecule has 6 heteroatoms. The van der Waals surface area contributed by atoms with Crippen molar-refractivity contribution in [2.45, 2.75) is 19.6 Å². The molecule has 0 fully saturated rings. The van der Waals surface area contributed by atoms with Gasteiger partial charge in [0.15, 0.2) is 0 Å². The molecule has 0 aliphatic rings. The van der Waals surface area contributed by atoms with Crippen LogP contribution in [0.15, 0.2) is 57.1 Å². The van der Waals surface area contributed by atoms with Crippen LogP contribution in [0.3, 0.4) is 0 Å². The maximum absolute atomic E-state index is 11.8. The second kappa shape index (κ2) is 7.30. The summed E-state index contributed by atoms with van der Waals surface area (Å²) in [6, 6.07) is 9.74. The zero-order chi connectivity index (χ0) is 16.1. The monoisotopic (exact) mass is 331 g/mol. The Kier molecular flexibility index (Phi) is 4.95. The predicted molar refractivity (Wildman–Crippen MR) is 86.0 cm³/mol. The molecule has 0 atom stereocenters. The number of thiophene rings is 1. The van der Waals surface area contributed by atoms with Crippen LogP contribution in [0, 0.1) is 0 Å². The highest BCUT2D eigenvalue weighted by Crippen LogP contribution is 2.20. The molecule has 0 unspecified atom stereocenters. The highest BCUT2D eigenvalue weighted by atomic mass is 32.1. The first kappa shape index (κ1) is 15.6. The van der Waals surface area contributed by atoms with Gasteiger partial charge >= 0.3 is 5.97 Å². The summed E-state index contributed by atoms with van der Waals surface area (Å²) in [6.45, 7) is 1.99. The first-order valence-corrected chi connectivity index (χ1v) is 8.06. The molecule has 5 nitrogen and oxygen atoms in total. The van der Waals surface area contributed by atoms with Crippen LogP contribution in [0.2, 0.25) is 0 Å². The molecule has 0 radical (unpaired) electrons. The minimum atomic E-state index is -0.459. The quantitative estimate of drug-likeness (QED) is 0.614. The third-order valence-electron chi connectivity index (χ3n) is 3.43. The van der Waals surface area contributed by atoms with E-state index in [-0.39, 0.29) is 5.76 Å². The molecule has 0 saturated heterocycles. The van der Waals surface area contributed by atoms with Gasteiger partial charge in [-0.15, -0.1) is 11.3 Å². The zero-order valence-electron chi connectivity index (χ0n) is 12.7. The first-order valence-electron chi connectivity index (χ1n) is 7.18. The fraction of sp³-hybridized carbons (Fsp3) is 0.235. The Morgan fingerprint density at radius 2 is 2.04 bits per heavy atom. The van der Waals surface area contributed by atoms with E-state index in [4.69, 9.17) is 13.6 Å². The highest BCUT2D eigenvalue weighted by Gasteiger charge is 2.19. The van der Waals surface area contributed by atoms with E-state index in [0.717, 1.165) is 17.9 Å². The van der Waals surface area contributed by atoms with Gasteiger partial charge in [-0.2, -0.15) is 0 Å². The zero-order valence-corrected chi connectivity index (χ0v) is 13.5. The Morgan fingerprint density at radius 3 is 2.74 bits per heavy atom. The van der Waals surface area contributed by atoms with Crippen molar-refractivity contribution in [2.75, 3.05) is 7.11 Å². The predicted octanol–water partition coefficient (Wildman–Crippen LogP) is 3.92. The molecule has 120 valence electrons. The van der Waals surface area contributed by atoms with Crippen molar-refractivity contribution >= 4 is 17.3 Å². The van der Waals surface area contributed by atoms with Crippen molar-refractivity contribution in [3.63, 3.8) is 0 Å². The number of furan rings is 2. The van der Waals surface area contributed by atoms with Crippen molar-refractivity contribution in [3.8, 4) is 0 Å². The number of carbonyl (C=O) groups is 1. The number of hydrogen-bond donors (Lipinski definition) is 0. The standard InChI is InChI=1S/C17H17NO4S/c1-20-17(19)16-13(6-8-22-16)10-18(11-14-4-2-7-21-14)12-15-5-3-9-23-15/h2-9H,10-12H2,1H3. The molecule has 0 bridgehead atoms. The van der Waals surface area contributed by atoms with Crippen LogP contribution in [0.4, 0.5) is 0 Å². The summed E-state index contributed by atoms with van der Waals surface area (Å²) in [7, 11) is 1.35. The van der Waals surface area contributed by atoms with Crippen LogP contribution in [-0.4, -0.2) is 18.0 Å². The van der Waals surface area contributed by atoms with Crippen LogP contribution < -0.4 is 0 Å². The molecular formula is C17H17NO4S. The molecule has 23 heavy (non-hydrogen) atoms. The van der Waals surface area contributed by atoms with Gasteiger partial charge in [-0.1, -0.05) is 6.07 Å². The lowest BCUT2D eigenvalue weighted by atomic mass is 10.2. The highest BCUT2D eigenvalue weighted by molar-refractivity contribution is 7.09. The number of methoxy groups -OCH3 is 1. The Labute approximate surface area is 138 Å². The lowest BCUT2D eigenvalue weighted by Gasteiger charge is -2.20. The van der Waals surface area contributed by atoms with Crippen molar-refractivity contribution in [2.24, 2.45) is 0 Å². The van der Waals surface area contributed by atoms with Gasteiger partial charge in [0.25, 0.3) is 0 Å². The van der Waals surface area contributed by atoms with Gasteiger partial charge in [-0.25, -0.2) is 4.79 Å². The van der Waals surface area contributed by atoms with Gasteiger partial charge in [-0.3, -0.25) is 4.90 Å². The van der Waals surface area contributed by atoms with Crippen LogP contribution in [0.25, 0.3) is 0 Å². The number of rotatable bonds is 7. The molecule has 3 heterocycles. The van der Waals surface area contributed by atoms with Crippen LogP contribution in [0.5, 0.6) is 0 Å². The van der Waals surface area contributed by atoms with Crippen molar-refractivity contribution < 1.29 is 18.4 Å².